The average molecular weight is 622 g/mol. The van der Waals surface area contributed by atoms with Crippen molar-refractivity contribution in [2.45, 2.75) is 136 Å². The predicted molar refractivity (Wildman–Crippen MR) is 179 cm³/mol. The van der Waals surface area contributed by atoms with Gasteiger partial charge in [0.25, 0.3) is 0 Å². The van der Waals surface area contributed by atoms with Crippen LogP contribution in [0.25, 0.3) is 0 Å². The second kappa shape index (κ2) is 17.2. The van der Waals surface area contributed by atoms with Crippen molar-refractivity contribution in [3.8, 4) is 5.75 Å². The average Bonchev–Trinajstić information content (AvgIpc) is 2.96. The molecule has 8 nitrogen and oxygen atoms in total. The van der Waals surface area contributed by atoms with E-state index >= 15 is 0 Å². The molecule has 3 N–H and O–H groups in total. The SMILES string of the molecule is CCCCCCCN(C(=O)C(Cc1ccc(O)cc1)NC(=O)OC(C)(C)C)C(C(=O)NC1CCCCC1)c1cc(C)cc(C)c1. The standard InChI is InChI=1S/C37H55N3O5/c1-7-8-9-10-14-21-40(33(29-23-26(2)22-27(3)24-29)34(42)38-30-15-12-11-13-16-30)35(43)32(39-36(44)45-37(4,5)6)25-28-17-19-31(41)20-18-28/h17-20,22-24,30,32-33,41H,7-16,21,25H2,1-6H3,(H,38,42)(H,39,44). The summed E-state index contributed by atoms with van der Waals surface area (Å²) in [5, 5.41) is 16.0. The molecule has 2 aromatic carbocycles. The molecule has 1 fully saturated rings. The van der Waals surface area contributed by atoms with E-state index in [0.29, 0.717) is 6.54 Å². The van der Waals surface area contributed by atoms with Crippen LogP contribution in [0.2, 0.25) is 0 Å². The highest BCUT2D eigenvalue weighted by Gasteiger charge is 2.37. The Hall–Kier alpha value is -3.55. The third-order valence-corrected chi connectivity index (χ3v) is 8.22. The van der Waals surface area contributed by atoms with Crippen molar-refractivity contribution in [1.29, 1.82) is 0 Å². The highest BCUT2D eigenvalue weighted by atomic mass is 16.6. The molecule has 8 heteroatoms. The first-order chi connectivity index (χ1) is 21.4. The minimum atomic E-state index is -0.990. The van der Waals surface area contributed by atoms with Gasteiger partial charge in [0, 0.05) is 19.0 Å². The van der Waals surface area contributed by atoms with Gasteiger partial charge < -0.3 is 25.4 Å². The summed E-state index contributed by atoms with van der Waals surface area (Å²) < 4.78 is 5.56. The number of hydrogen-bond acceptors (Lipinski definition) is 5. The largest absolute Gasteiger partial charge is 0.508 e. The number of nitrogens with zero attached hydrogens (tertiary/aromatic N) is 1. The lowest BCUT2D eigenvalue weighted by Crippen LogP contribution is -2.54. The smallest absolute Gasteiger partial charge is 0.408 e. The van der Waals surface area contributed by atoms with E-state index in [1.165, 1.54) is 6.42 Å². The maximum Gasteiger partial charge on any atom is 0.408 e. The van der Waals surface area contributed by atoms with Crippen LogP contribution in [0.3, 0.4) is 0 Å². The van der Waals surface area contributed by atoms with Gasteiger partial charge in [-0.2, -0.15) is 0 Å². The summed E-state index contributed by atoms with van der Waals surface area (Å²) in [5.74, 6) is -0.411. The van der Waals surface area contributed by atoms with Crippen LogP contribution in [0.1, 0.15) is 120 Å². The van der Waals surface area contributed by atoms with Crippen LogP contribution in [0.4, 0.5) is 4.79 Å². The zero-order valence-electron chi connectivity index (χ0n) is 28.3. The lowest BCUT2D eigenvalue weighted by atomic mass is 9.93. The topological polar surface area (TPSA) is 108 Å². The molecule has 2 unspecified atom stereocenters. The number of ether oxygens (including phenoxy) is 1. The number of hydrogen-bond donors (Lipinski definition) is 3. The molecule has 0 saturated heterocycles. The van der Waals surface area contributed by atoms with E-state index in [2.05, 4.69) is 23.6 Å². The molecule has 248 valence electrons. The fourth-order valence-electron chi connectivity index (χ4n) is 6.14. The second-order valence-corrected chi connectivity index (χ2v) is 13.7. The monoisotopic (exact) mass is 621 g/mol. The van der Waals surface area contributed by atoms with Gasteiger partial charge in [-0.25, -0.2) is 4.79 Å². The van der Waals surface area contributed by atoms with Crippen molar-refractivity contribution >= 4 is 17.9 Å². The fraction of sp³-hybridized carbons (Fsp3) is 0.595. The number of benzene rings is 2. The zero-order chi connectivity index (χ0) is 33.0. The minimum Gasteiger partial charge on any atom is -0.508 e. The van der Waals surface area contributed by atoms with Gasteiger partial charge in [0.2, 0.25) is 11.8 Å². The van der Waals surface area contributed by atoms with E-state index in [-0.39, 0.29) is 30.0 Å². The molecular formula is C37H55N3O5. The number of aryl methyl sites for hydroxylation is 2. The normalized spacial score (nSPS) is 15.2. The van der Waals surface area contributed by atoms with Crippen molar-refractivity contribution in [3.63, 3.8) is 0 Å². The number of aromatic hydroxyl groups is 1. The molecule has 0 bridgehead atoms. The van der Waals surface area contributed by atoms with Crippen LogP contribution in [0.5, 0.6) is 5.75 Å². The summed E-state index contributed by atoms with van der Waals surface area (Å²) in [6.45, 7) is 11.9. The van der Waals surface area contributed by atoms with E-state index in [1.54, 1.807) is 49.9 Å². The van der Waals surface area contributed by atoms with Gasteiger partial charge in [-0.15, -0.1) is 0 Å². The van der Waals surface area contributed by atoms with Crippen LogP contribution in [-0.2, 0) is 20.7 Å². The van der Waals surface area contributed by atoms with Crippen LogP contribution < -0.4 is 10.6 Å². The number of alkyl carbamates (subject to hydrolysis) is 1. The van der Waals surface area contributed by atoms with Gasteiger partial charge in [-0.05, 0) is 77.1 Å². The molecule has 0 aromatic heterocycles. The maximum atomic E-state index is 14.7. The molecule has 45 heavy (non-hydrogen) atoms. The molecule has 2 aromatic rings. The molecule has 0 spiro atoms. The molecule has 1 aliphatic rings. The lowest BCUT2D eigenvalue weighted by Gasteiger charge is -2.36. The van der Waals surface area contributed by atoms with E-state index in [1.807, 2.05) is 26.0 Å². The molecule has 0 heterocycles. The molecule has 3 amide bonds. The quantitative estimate of drug-likeness (QED) is 0.190. The van der Waals surface area contributed by atoms with E-state index < -0.39 is 23.8 Å². The summed E-state index contributed by atoms with van der Waals surface area (Å²) in [5.41, 5.74) is 2.81. The third kappa shape index (κ3) is 12.0. The Balaban J connectivity index is 2.05. The molecule has 1 aliphatic carbocycles. The number of carbonyl (C=O) groups excluding carboxylic acids is 3. The number of nitrogens with one attached hydrogen (secondary N) is 2. The zero-order valence-corrected chi connectivity index (χ0v) is 28.3. The first-order valence-electron chi connectivity index (χ1n) is 16.8. The van der Waals surface area contributed by atoms with Crippen molar-refractivity contribution in [1.82, 2.24) is 15.5 Å². The number of phenolic OH excluding ortho intramolecular Hbond substituents is 1. The lowest BCUT2D eigenvalue weighted by molar-refractivity contribution is -0.143. The van der Waals surface area contributed by atoms with Gasteiger partial charge in [-0.3, -0.25) is 9.59 Å². The Labute approximate surface area is 270 Å². The van der Waals surface area contributed by atoms with E-state index in [0.717, 1.165) is 80.0 Å². The summed E-state index contributed by atoms with van der Waals surface area (Å²) in [6, 6.07) is 10.9. The van der Waals surface area contributed by atoms with E-state index in [9.17, 15) is 19.5 Å². The van der Waals surface area contributed by atoms with Crippen molar-refractivity contribution in [2.24, 2.45) is 0 Å². The number of unbranched alkanes of at least 4 members (excludes halogenated alkanes) is 4. The Bertz CT molecular complexity index is 1230. The second-order valence-electron chi connectivity index (χ2n) is 13.7. The predicted octanol–water partition coefficient (Wildman–Crippen LogP) is 7.43. The van der Waals surface area contributed by atoms with Gasteiger partial charge in [0.15, 0.2) is 0 Å². The fourth-order valence-corrected chi connectivity index (χ4v) is 6.14. The highest BCUT2D eigenvalue weighted by molar-refractivity contribution is 5.92. The van der Waals surface area contributed by atoms with Gasteiger partial charge >= 0.3 is 6.09 Å². The van der Waals surface area contributed by atoms with Crippen LogP contribution in [0.15, 0.2) is 42.5 Å². The highest BCUT2D eigenvalue weighted by Crippen LogP contribution is 2.28. The molecule has 2 atom stereocenters. The third-order valence-electron chi connectivity index (χ3n) is 8.22. The molecule has 0 aliphatic heterocycles. The van der Waals surface area contributed by atoms with Gasteiger partial charge in [0.05, 0.1) is 0 Å². The Morgan fingerprint density at radius 1 is 0.933 bits per heavy atom. The van der Waals surface area contributed by atoms with Crippen molar-refractivity contribution in [2.75, 3.05) is 6.54 Å². The van der Waals surface area contributed by atoms with Gasteiger partial charge in [-0.1, -0.05) is 93.3 Å². The Morgan fingerprint density at radius 2 is 1.56 bits per heavy atom. The minimum absolute atomic E-state index is 0.0776. The number of phenols is 1. The number of rotatable bonds is 14. The number of carbonyl (C=O) groups is 3. The first-order valence-corrected chi connectivity index (χ1v) is 16.8. The first kappa shape index (κ1) is 35.9. The van der Waals surface area contributed by atoms with Crippen molar-refractivity contribution < 1.29 is 24.2 Å². The summed E-state index contributed by atoms with van der Waals surface area (Å²) in [4.78, 5) is 43.8. The summed E-state index contributed by atoms with van der Waals surface area (Å²) >= 11 is 0. The molecule has 1 saturated carbocycles. The Kier molecular flexibility index (Phi) is 13.8. The van der Waals surface area contributed by atoms with E-state index in [4.69, 9.17) is 4.74 Å². The Morgan fingerprint density at radius 3 is 2.16 bits per heavy atom. The van der Waals surface area contributed by atoms with Crippen LogP contribution >= 0.6 is 0 Å². The molecular weight excluding hydrogens is 566 g/mol. The van der Waals surface area contributed by atoms with Crippen molar-refractivity contribution in [3.05, 3.63) is 64.7 Å². The summed E-state index contributed by atoms with van der Waals surface area (Å²) in [7, 11) is 0. The van der Waals surface area contributed by atoms with Crippen LogP contribution in [0, 0.1) is 13.8 Å². The molecule has 0 radical (unpaired) electrons. The molecule has 3 rings (SSSR count). The van der Waals surface area contributed by atoms with Crippen LogP contribution in [-0.4, -0.2) is 52.1 Å². The summed E-state index contributed by atoms with van der Waals surface area (Å²) in [6.07, 6.45) is 9.60. The number of amides is 3. The van der Waals surface area contributed by atoms with Gasteiger partial charge in [0.1, 0.15) is 23.4 Å². The maximum absolute atomic E-state index is 14.7.